The zero-order chi connectivity index (χ0) is 19.9. The molecule has 2 saturated heterocycles. The SMILES string of the molecule is CC1CN2C(=O)[C@H](Cc3ccccc3)NC(=O)C2C[C@@]1(C)c1cccc(O)c1. The number of piperazine rings is 1. The number of benzene rings is 2. The van der Waals surface area contributed by atoms with E-state index in [2.05, 4.69) is 19.2 Å². The van der Waals surface area contributed by atoms with Crippen LogP contribution in [-0.2, 0) is 21.4 Å². The minimum atomic E-state index is -0.511. The normalized spacial score (nSPS) is 29.9. The summed E-state index contributed by atoms with van der Waals surface area (Å²) in [5.74, 6) is 0.301. The van der Waals surface area contributed by atoms with Crippen LogP contribution in [0, 0.1) is 5.92 Å². The van der Waals surface area contributed by atoms with Crippen molar-refractivity contribution in [2.24, 2.45) is 5.92 Å². The van der Waals surface area contributed by atoms with Gasteiger partial charge in [-0.25, -0.2) is 0 Å². The Hall–Kier alpha value is -2.82. The van der Waals surface area contributed by atoms with Crippen molar-refractivity contribution in [2.45, 2.75) is 44.2 Å². The van der Waals surface area contributed by atoms with Gasteiger partial charge in [-0.1, -0.05) is 56.3 Å². The first-order valence-electron chi connectivity index (χ1n) is 9.83. The van der Waals surface area contributed by atoms with Gasteiger partial charge in [0.05, 0.1) is 0 Å². The molecule has 2 aromatic rings. The van der Waals surface area contributed by atoms with Crippen LogP contribution >= 0.6 is 0 Å². The maximum Gasteiger partial charge on any atom is 0.246 e. The van der Waals surface area contributed by atoms with Gasteiger partial charge in [0.2, 0.25) is 11.8 Å². The number of hydrogen-bond acceptors (Lipinski definition) is 3. The van der Waals surface area contributed by atoms with Gasteiger partial charge in [0.1, 0.15) is 17.8 Å². The van der Waals surface area contributed by atoms with E-state index in [0.29, 0.717) is 19.4 Å². The predicted octanol–water partition coefficient (Wildman–Crippen LogP) is 2.63. The Balaban J connectivity index is 1.58. The second kappa shape index (κ2) is 6.97. The number of amides is 2. The van der Waals surface area contributed by atoms with Crippen molar-refractivity contribution in [3.63, 3.8) is 0 Å². The first-order valence-corrected chi connectivity index (χ1v) is 9.83. The van der Waals surface area contributed by atoms with E-state index in [1.807, 2.05) is 42.5 Å². The summed E-state index contributed by atoms with van der Waals surface area (Å²) in [6.07, 6.45) is 1.06. The molecule has 28 heavy (non-hydrogen) atoms. The molecule has 4 atom stereocenters. The predicted molar refractivity (Wildman–Crippen MR) is 107 cm³/mol. The number of rotatable bonds is 3. The molecule has 0 aromatic heterocycles. The van der Waals surface area contributed by atoms with E-state index in [1.165, 1.54) is 0 Å². The molecule has 0 radical (unpaired) electrons. The molecule has 2 heterocycles. The highest BCUT2D eigenvalue weighted by Gasteiger charge is 2.50. The number of piperidine rings is 1. The highest BCUT2D eigenvalue weighted by molar-refractivity contribution is 5.97. The van der Waals surface area contributed by atoms with Crippen LogP contribution < -0.4 is 5.32 Å². The first kappa shape index (κ1) is 18.5. The average Bonchev–Trinajstić information content (AvgIpc) is 2.68. The molecule has 0 aliphatic carbocycles. The fourth-order valence-electron chi connectivity index (χ4n) is 4.60. The second-order valence-electron chi connectivity index (χ2n) is 8.33. The zero-order valence-corrected chi connectivity index (χ0v) is 16.3. The van der Waals surface area contributed by atoms with Crippen LogP contribution in [-0.4, -0.2) is 40.4 Å². The molecule has 146 valence electrons. The van der Waals surface area contributed by atoms with Gasteiger partial charge in [0.25, 0.3) is 0 Å². The van der Waals surface area contributed by atoms with Crippen LogP contribution in [0.25, 0.3) is 0 Å². The van der Waals surface area contributed by atoms with Gasteiger partial charge in [0.15, 0.2) is 0 Å². The molecule has 2 aromatic carbocycles. The number of carbonyl (C=O) groups is 2. The Morgan fingerprint density at radius 1 is 1.14 bits per heavy atom. The summed E-state index contributed by atoms with van der Waals surface area (Å²) in [5, 5.41) is 12.9. The highest BCUT2D eigenvalue weighted by Crippen LogP contribution is 2.43. The lowest BCUT2D eigenvalue weighted by molar-refractivity contribution is -0.154. The minimum Gasteiger partial charge on any atom is -0.508 e. The molecule has 2 aliphatic rings. The fourth-order valence-corrected chi connectivity index (χ4v) is 4.60. The van der Waals surface area contributed by atoms with Crippen LogP contribution in [0.3, 0.4) is 0 Å². The number of phenolic OH excluding ortho intramolecular Hbond substituents is 1. The van der Waals surface area contributed by atoms with Gasteiger partial charge in [-0.2, -0.15) is 0 Å². The van der Waals surface area contributed by atoms with Crippen molar-refractivity contribution in [3.8, 4) is 5.75 Å². The third-order valence-corrected chi connectivity index (χ3v) is 6.54. The van der Waals surface area contributed by atoms with Crippen LogP contribution in [0.2, 0.25) is 0 Å². The van der Waals surface area contributed by atoms with E-state index in [-0.39, 0.29) is 28.9 Å². The molecular formula is C23H26N2O3. The maximum absolute atomic E-state index is 13.1. The van der Waals surface area contributed by atoms with Crippen molar-refractivity contribution < 1.29 is 14.7 Å². The molecule has 0 saturated carbocycles. The lowest BCUT2D eigenvalue weighted by Gasteiger charge is -2.51. The van der Waals surface area contributed by atoms with Crippen molar-refractivity contribution in [3.05, 3.63) is 65.7 Å². The van der Waals surface area contributed by atoms with Crippen molar-refractivity contribution in [1.82, 2.24) is 10.2 Å². The summed E-state index contributed by atoms with van der Waals surface area (Å²) in [6, 6.07) is 16.0. The quantitative estimate of drug-likeness (QED) is 0.863. The largest absolute Gasteiger partial charge is 0.508 e. The monoisotopic (exact) mass is 378 g/mol. The van der Waals surface area contributed by atoms with Gasteiger partial charge in [-0.05, 0) is 41.0 Å². The molecule has 0 spiro atoms. The Labute approximate surface area is 165 Å². The summed E-state index contributed by atoms with van der Waals surface area (Å²) in [4.78, 5) is 27.8. The van der Waals surface area contributed by atoms with Gasteiger partial charge >= 0.3 is 0 Å². The van der Waals surface area contributed by atoms with E-state index >= 15 is 0 Å². The highest BCUT2D eigenvalue weighted by atomic mass is 16.3. The smallest absolute Gasteiger partial charge is 0.246 e. The lowest BCUT2D eigenvalue weighted by atomic mass is 9.65. The van der Waals surface area contributed by atoms with Crippen LogP contribution in [0.15, 0.2) is 54.6 Å². The van der Waals surface area contributed by atoms with Gasteiger partial charge in [-0.15, -0.1) is 0 Å². The maximum atomic E-state index is 13.1. The average molecular weight is 378 g/mol. The molecule has 0 bridgehead atoms. The summed E-state index contributed by atoms with van der Waals surface area (Å²) in [7, 11) is 0. The van der Waals surface area contributed by atoms with Crippen molar-refractivity contribution >= 4 is 11.8 Å². The number of aromatic hydroxyl groups is 1. The number of carbonyl (C=O) groups excluding carboxylic acids is 2. The van der Waals surface area contributed by atoms with E-state index < -0.39 is 12.1 Å². The number of hydrogen-bond donors (Lipinski definition) is 2. The van der Waals surface area contributed by atoms with E-state index in [0.717, 1.165) is 11.1 Å². The van der Waals surface area contributed by atoms with E-state index in [9.17, 15) is 14.7 Å². The molecule has 4 rings (SSSR count). The van der Waals surface area contributed by atoms with Gasteiger partial charge < -0.3 is 15.3 Å². The Kier molecular flexibility index (Phi) is 4.61. The molecule has 2 amide bonds. The molecule has 2 N–H and O–H groups in total. The van der Waals surface area contributed by atoms with Crippen LogP contribution in [0.5, 0.6) is 5.75 Å². The summed E-state index contributed by atoms with van der Waals surface area (Å²) in [5.41, 5.74) is 1.75. The third kappa shape index (κ3) is 3.15. The van der Waals surface area contributed by atoms with Crippen LogP contribution in [0.1, 0.15) is 31.4 Å². The minimum absolute atomic E-state index is 0.00161. The zero-order valence-electron chi connectivity index (χ0n) is 16.3. The fraction of sp³-hybridized carbons (Fsp3) is 0.391. The van der Waals surface area contributed by atoms with Crippen LogP contribution in [0.4, 0.5) is 0 Å². The third-order valence-electron chi connectivity index (χ3n) is 6.54. The van der Waals surface area contributed by atoms with Gasteiger partial charge in [0, 0.05) is 13.0 Å². The second-order valence-corrected chi connectivity index (χ2v) is 8.33. The summed E-state index contributed by atoms with van der Waals surface area (Å²) in [6.45, 7) is 4.78. The molecule has 5 nitrogen and oxygen atoms in total. The Bertz CT molecular complexity index is 898. The summed E-state index contributed by atoms with van der Waals surface area (Å²) >= 11 is 0. The van der Waals surface area contributed by atoms with E-state index in [4.69, 9.17) is 0 Å². The van der Waals surface area contributed by atoms with Gasteiger partial charge in [-0.3, -0.25) is 9.59 Å². The summed E-state index contributed by atoms with van der Waals surface area (Å²) < 4.78 is 0. The Morgan fingerprint density at radius 2 is 1.89 bits per heavy atom. The standard InChI is InChI=1S/C23H26N2O3/c1-15-14-25-20(13-23(15,2)17-9-6-10-18(26)12-17)21(27)24-19(22(25)28)11-16-7-4-3-5-8-16/h3-10,12,15,19-20,26H,11,13-14H2,1-2H3,(H,24,27)/t15?,19-,20?,23+/m0/s1. The number of fused-ring (bicyclic) bond motifs is 1. The molecule has 2 fully saturated rings. The number of phenols is 1. The number of nitrogens with one attached hydrogen (secondary N) is 1. The van der Waals surface area contributed by atoms with Crippen molar-refractivity contribution in [2.75, 3.05) is 6.54 Å². The molecule has 2 aliphatic heterocycles. The Morgan fingerprint density at radius 3 is 2.61 bits per heavy atom. The first-order chi connectivity index (χ1) is 13.4. The van der Waals surface area contributed by atoms with E-state index in [1.54, 1.807) is 17.0 Å². The number of nitrogens with zero attached hydrogens (tertiary/aromatic N) is 1. The molecule has 5 heteroatoms. The lowest BCUT2D eigenvalue weighted by Crippen LogP contribution is -2.68. The topological polar surface area (TPSA) is 69.6 Å². The molecular weight excluding hydrogens is 352 g/mol. The molecule has 2 unspecified atom stereocenters. The van der Waals surface area contributed by atoms with Crippen molar-refractivity contribution in [1.29, 1.82) is 0 Å².